The number of imidazole rings is 2. The van der Waals surface area contributed by atoms with Crippen molar-refractivity contribution in [2.45, 2.75) is 26.8 Å². The molecule has 1 unspecified atom stereocenters. The zero-order valence-electron chi connectivity index (χ0n) is 16.1. The second-order valence-corrected chi connectivity index (χ2v) is 7.33. The van der Waals surface area contributed by atoms with E-state index < -0.39 is 11.7 Å². The number of nitrogens with zero attached hydrogens (tertiary/aromatic N) is 5. The SMILES string of the molecule is C=CC(C)n1c(=O)c2c(nc3n(-c4ccc(Cl)cc4)c(C)c(C)n23)n(C)c1=O. The third-order valence-electron chi connectivity index (χ3n) is 5.30. The van der Waals surface area contributed by atoms with Crippen LogP contribution in [0.3, 0.4) is 0 Å². The standard InChI is InChI=1S/C20H20ClN5O2/c1-6-11(2)24-18(27)16-17(23(5)20(24)28)22-19-25(12(3)13(4)26(16)19)15-9-7-14(21)8-10-15/h6-11H,1H2,2-5H3. The molecule has 0 radical (unpaired) electrons. The predicted molar refractivity (Wildman–Crippen MR) is 111 cm³/mol. The van der Waals surface area contributed by atoms with Crippen LogP contribution in [0.1, 0.15) is 24.4 Å². The predicted octanol–water partition coefficient (Wildman–Crippen LogP) is 3.16. The van der Waals surface area contributed by atoms with Gasteiger partial charge in [0, 0.05) is 29.1 Å². The number of aromatic nitrogens is 5. The van der Waals surface area contributed by atoms with Crippen molar-refractivity contribution in [3.63, 3.8) is 0 Å². The highest BCUT2D eigenvalue weighted by Crippen LogP contribution is 2.25. The molecule has 0 aliphatic heterocycles. The Morgan fingerprint density at radius 1 is 1.14 bits per heavy atom. The molecule has 0 fully saturated rings. The van der Waals surface area contributed by atoms with E-state index in [1.807, 2.05) is 34.9 Å². The van der Waals surface area contributed by atoms with Crippen molar-refractivity contribution in [2.75, 3.05) is 0 Å². The minimum atomic E-state index is -0.430. The highest BCUT2D eigenvalue weighted by molar-refractivity contribution is 6.30. The molecule has 1 atom stereocenters. The van der Waals surface area contributed by atoms with E-state index in [1.165, 1.54) is 9.13 Å². The Morgan fingerprint density at radius 2 is 1.79 bits per heavy atom. The van der Waals surface area contributed by atoms with Crippen molar-refractivity contribution >= 4 is 28.5 Å². The monoisotopic (exact) mass is 397 g/mol. The Labute approximate surface area is 165 Å². The van der Waals surface area contributed by atoms with Gasteiger partial charge in [-0.1, -0.05) is 17.7 Å². The second kappa shape index (κ2) is 6.24. The number of benzene rings is 1. The van der Waals surface area contributed by atoms with Gasteiger partial charge in [-0.25, -0.2) is 4.79 Å². The van der Waals surface area contributed by atoms with Crippen molar-refractivity contribution in [3.8, 4) is 5.69 Å². The van der Waals surface area contributed by atoms with Gasteiger partial charge in [0.2, 0.25) is 5.78 Å². The number of fused-ring (bicyclic) bond motifs is 3. The third-order valence-corrected chi connectivity index (χ3v) is 5.55. The molecular formula is C20H20ClN5O2. The van der Waals surface area contributed by atoms with E-state index in [1.54, 1.807) is 32.2 Å². The maximum absolute atomic E-state index is 13.2. The highest BCUT2D eigenvalue weighted by atomic mass is 35.5. The molecule has 0 amide bonds. The van der Waals surface area contributed by atoms with Crippen LogP contribution in [0, 0.1) is 13.8 Å². The summed E-state index contributed by atoms with van der Waals surface area (Å²) in [6, 6.07) is 6.97. The van der Waals surface area contributed by atoms with Gasteiger partial charge in [0.1, 0.15) is 0 Å². The minimum Gasteiger partial charge on any atom is -0.283 e. The molecule has 4 rings (SSSR count). The van der Waals surface area contributed by atoms with Crippen molar-refractivity contribution in [2.24, 2.45) is 7.05 Å². The number of hydrogen-bond donors (Lipinski definition) is 0. The molecule has 3 heterocycles. The van der Waals surface area contributed by atoms with Crippen LogP contribution in [-0.2, 0) is 7.05 Å². The van der Waals surface area contributed by atoms with E-state index in [0.717, 1.165) is 17.1 Å². The fourth-order valence-electron chi connectivity index (χ4n) is 3.58. The molecule has 28 heavy (non-hydrogen) atoms. The van der Waals surface area contributed by atoms with Crippen LogP contribution in [0.2, 0.25) is 5.02 Å². The summed E-state index contributed by atoms with van der Waals surface area (Å²) in [7, 11) is 1.62. The smallest absolute Gasteiger partial charge is 0.283 e. The zero-order valence-corrected chi connectivity index (χ0v) is 16.9. The number of hydrogen-bond acceptors (Lipinski definition) is 3. The number of halogens is 1. The lowest BCUT2D eigenvalue weighted by Crippen LogP contribution is -2.40. The van der Waals surface area contributed by atoms with Crippen LogP contribution in [0.15, 0.2) is 46.5 Å². The molecule has 0 bridgehead atoms. The quantitative estimate of drug-likeness (QED) is 0.499. The zero-order chi connectivity index (χ0) is 20.3. The summed E-state index contributed by atoms with van der Waals surface area (Å²) in [4.78, 5) is 30.7. The van der Waals surface area contributed by atoms with Crippen LogP contribution < -0.4 is 11.2 Å². The second-order valence-electron chi connectivity index (χ2n) is 6.90. The van der Waals surface area contributed by atoms with E-state index >= 15 is 0 Å². The fourth-order valence-corrected chi connectivity index (χ4v) is 3.71. The number of allylic oxidation sites excluding steroid dienone is 1. The highest BCUT2D eigenvalue weighted by Gasteiger charge is 2.24. The molecule has 3 aromatic heterocycles. The summed E-state index contributed by atoms with van der Waals surface area (Å²) >= 11 is 6.03. The summed E-state index contributed by atoms with van der Waals surface area (Å²) in [6.45, 7) is 9.38. The van der Waals surface area contributed by atoms with Crippen molar-refractivity contribution < 1.29 is 0 Å². The Bertz CT molecular complexity index is 1370. The average molecular weight is 398 g/mol. The summed E-state index contributed by atoms with van der Waals surface area (Å²) in [5.74, 6) is 0.573. The molecule has 144 valence electrons. The van der Waals surface area contributed by atoms with E-state index in [-0.39, 0.29) is 5.56 Å². The van der Waals surface area contributed by atoms with E-state index in [4.69, 9.17) is 11.6 Å². The van der Waals surface area contributed by atoms with Gasteiger partial charge in [-0.05, 0) is 45.0 Å². The molecule has 0 saturated heterocycles. The summed E-state index contributed by atoms with van der Waals surface area (Å²) in [5.41, 5.74) is 2.62. The molecular weight excluding hydrogens is 378 g/mol. The van der Waals surface area contributed by atoms with Crippen LogP contribution in [0.5, 0.6) is 0 Å². The van der Waals surface area contributed by atoms with Gasteiger partial charge < -0.3 is 0 Å². The van der Waals surface area contributed by atoms with Gasteiger partial charge in [0.25, 0.3) is 5.56 Å². The molecule has 0 spiro atoms. The molecule has 0 N–H and O–H groups in total. The maximum Gasteiger partial charge on any atom is 0.333 e. The Kier molecular flexibility index (Phi) is 4.08. The largest absolute Gasteiger partial charge is 0.333 e. The van der Waals surface area contributed by atoms with Gasteiger partial charge >= 0.3 is 5.69 Å². The lowest BCUT2D eigenvalue weighted by molar-refractivity contribution is 0.574. The van der Waals surface area contributed by atoms with Gasteiger partial charge in [-0.15, -0.1) is 6.58 Å². The van der Waals surface area contributed by atoms with E-state index in [0.29, 0.717) is 22.0 Å². The molecule has 8 heteroatoms. The molecule has 4 aromatic rings. The number of aryl methyl sites for hydroxylation is 2. The van der Waals surface area contributed by atoms with Crippen LogP contribution >= 0.6 is 11.6 Å². The third kappa shape index (κ3) is 2.32. The van der Waals surface area contributed by atoms with Gasteiger partial charge in [-0.2, -0.15) is 4.98 Å². The van der Waals surface area contributed by atoms with E-state index in [9.17, 15) is 9.59 Å². The van der Waals surface area contributed by atoms with Crippen LogP contribution in [0.25, 0.3) is 22.6 Å². The van der Waals surface area contributed by atoms with E-state index in [2.05, 4.69) is 11.6 Å². The van der Waals surface area contributed by atoms with Crippen molar-refractivity contribution in [3.05, 3.63) is 74.2 Å². The molecule has 1 aromatic carbocycles. The van der Waals surface area contributed by atoms with Crippen molar-refractivity contribution in [1.29, 1.82) is 0 Å². The fraction of sp³-hybridized carbons (Fsp3) is 0.250. The Balaban J connectivity index is 2.21. The Morgan fingerprint density at radius 3 is 2.39 bits per heavy atom. The Hall–Kier alpha value is -3.06. The van der Waals surface area contributed by atoms with Crippen molar-refractivity contribution in [1.82, 2.24) is 23.1 Å². The summed E-state index contributed by atoms with van der Waals surface area (Å²) < 4.78 is 6.38. The first-order valence-corrected chi connectivity index (χ1v) is 9.25. The van der Waals surface area contributed by atoms with Crippen LogP contribution in [0.4, 0.5) is 0 Å². The van der Waals surface area contributed by atoms with Gasteiger partial charge in [0.05, 0.1) is 6.04 Å². The average Bonchev–Trinajstić information content (AvgIpc) is 3.17. The van der Waals surface area contributed by atoms with Gasteiger partial charge in [0.15, 0.2) is 11.2 Å². The maximum atomic E-state index is 13.2. The molecule has 0 aliphatic carbocycles. The topological polar surface area (TPSA) is 66.2 Å². The molecule has 0 saturated carbocycles. The van der Waals surface area contributed by atoms with Gasteiger partial charge in [-0.3, -0.25) is 22.9 Å². The molecule has 0 aliphatic rings. The molecule has 7 nitrogen and oxygen atoms in total. The normalized spacial score (nSPS) is 12.8. The number of rotatable bonds is 3. The minimum absolute atomic E-state index is 0.350. The first-order valence-electron chi connectivity index (χ1n) is 8.88. The first kappa shape index (κ1) is 18.3. The summed E-state index contributed by atoms with van der Waals surface area (Å²) in [5, 5.41) is 0.638. The lowest BCUT2D eigenvalue weighted by Gasteiger charge is -2.11. The van der Waals surface area contributed by atoms with Crippen LogP contribution in [-0.4, -0.2) is 23.1 Å². The summed E-state index contributed by atoms with van der Waals surface area (Å²) in [6.07, 6.45) is 1.57. The first-order chi connectivity index (χ1) is 13.3. The lowest BCUT2D eigenvalue weighted by atomic mass is 10.3.